The first kappa shape index (κ1) is 25.9. The minimum Gasteiger partial charge on any atom is -0.309 e. The van der Waals surface area contributed by atoms with Crippen LogP contribution in [0.1, 0.15) is 0 Å². The maximum atomic E-state index is 14.9. The van der Waals surface area contributed by atoms with Crippen LogP contribution in [-0.2, 0) is 4.57 Å². The maximum Gasteiger partial charge on any atom is 0.171 e. The van der Waals surface area contributed by atoms with E-state index in [9.17, 15) is 4.57 Å². The molecule has 0 aliphatic heterocycles. The van der Waals surface area contributed by atoms with Gasteiger partial charge in [-0.25, -0.2) is 4.98 Å². The van der Waals surface area contributed by atoms with Gasteiger partial charge in [0.15, 0.2) is 7.14 Å². The normalized spacial score (nSPS) is 11.8. The first-order valence-corrected chi connectivity index (χ1v) is 16.9. The van der Waals surface area contributed by atoms with E-state index >= 15 is 0 Å². The Morgan fingerprint density at radius 2 is 1.07 bits per heavy atom. The predicted molar refractivity (Wildman–Crippen MR) is 185 cm³/mol. The Balaban J connectivity index is 1.35. The summed E-state index contributed by atoms with van der Waals surface area (Å²) in [6.45, 7) is 0. The van der Waals surface area contributed by atoms with Crippen LogP contribution >= 0.6 is 18.5 Å². The quantitative estimate of drug-likeness (QED) is 0.188. The summed E-state index contributed by atoms with van der Waals surface area (Å²) >= 11 is 1.80. The van der Waals surface area contributed by atoms with Crippen molar-refractivity contribution in [2.45, 2.75) is 0 Å². The van der Waals surface area contributed by atoms with Crippen LogP contribution < -0.4 is 15.9 Å². The summed E-state index contributed by atoms with van der Waals surface area (Å²) in [7, 11) is -3.05. The van der Waals surface area contributed by atoms with E-state index in [0.717, 1.165) is 49.2 Å². The van der Waals surface area contributed by atoms with E-state index in [1.165, 1.54) is 20.2 Å². The third-order valence-corrected chi connectivity index (χ3v) is 12.4. The van der Waals surface area contributed by atoms with Gasteiger partial charge in [-0.3, -0.25) is 0 Å². The molecule has 8 aromatic rings. The molecule has 4 heteroatoms. The highest BCUT2D eigenvalue weighted by atomic mass is 32.1. The van der Waals surface area contributed by atoms with Crippen LogP contribution in [0.25, 0.3) is 53.5 Å². The Labute approximate surface area is 254 Å². The van der Waals surface area contributed by atoms with E-state index in [2.05, 4.69) is 78.9 Å². The monoisotopic (exact) mass is 587 g/mol. The van der Waals surface area contributed by atoms with Crippen molar-refractivity contribution < 1.29 is 4.57 Å². The van der Waals surface area contributed by atoms with Gasteiger partial charge in [0, 0.05) is 42.3 Å². The topological polar surface area (TPSA) is 30.0 Å². The van der Waals surface area contributed by atoms with Crippen molar-refractivity contribution in [1.29, 1.82) is 0 Å². The molecule has 2 nitrogen and oxygen atoms in total. The molecule has 0 bridgehead atoms. The fourth-order valence-electron chi connectivity index (χ4n) is 6.13. The van der Waals surface area contributed by atoms with Gasteiger partial charge in [-0.05, 0) is 23.3 Å². The molecule has 8 rings (SSSR count). The zero-order valence-electron chi connectivity index (χ0n) is 23.2. The van der Waals surface area contributed by atoms with Gasteiger partial charge in [-0.15, -0.1) is 11.3 Å². The summed E-state index contributed by atoms with van der Waals surface area (Å²) < 4.78 is 17.4. The van der Waals surface area contributed by atoms with Crippen molar-refractivity contribution in [1.82, 2.24) is 4.98 Å². The lowest BCUT2D eigenvalue weighted by Crippen LogP contribution is -2.24. The lowest BCUT2D eigenvalue weighted by Gasteiger charge is -2.20. The van der Waals surface area contributed by atoms with E-state index in [-0.39, 0.29) is 0 Å². The average Bonchev–Trinajstić information content (AvgIpc) is 3.48. The number of hydrogen-bond donors (Lipinski definition) is 0. The minimum atomic E-state index is -3.05. The molecular weight excluding hydrogens is 561 g/mol. The number of thiophene rings is 1. The van der Waals surface area contributed by atoms with Crippen LogP contribution in [0.4, 0.5) is 0 Å². The number of hydrogen-bond acceptors (Lipinski definition) is 3. The second-order valence-electron chi connectivity index (χ2n) is 10.7. The van der Waals surface area contributed by atoms with Crippen LogP contribution in [0.15, 0.2) is 158 Å². The first-order valence-electron chi connectivity index (χ1n) is 14.3. The third-order valence-electron chi connectivity index (χ3n) is 8.16. The Morgan fingerprint density at radius 3 is 1.74 bits per heavy atom. The minimum absolute atomic E-state index is 0.824. The molecule has 2 aromatic heterocycles. The lowest BCUT2D eigenvalue weighted by atomic mass is 9.96. The molecule has 0 amide bonds. The molecule has 0 N–H and O–H groups in total. The number of pyridine rings is 1. The number of benzene rings is 6. The van der Waals surface area contributed by atoms with Crippen LogP contribution in [0.5, 0.6) is 0 Å². The number of rotatable bonds is 5. The van der Waals surface area contributed by atoms with Gasteiger partial charge in [-0.1, -0.05) is 146 Å². The Morgan fingerprint density at radius 1 is 0.488 bits per heavy atom. The molecule has 0 fully saturated rings. The second kappa shape index (κ2) is 10.5. The molecule has 0 atom stereocenters. The van der Waals surface area contributed by atoms with E-state index in [1.807, 2.05) is 78.9 Å². The van der Waals surface area contributed by atoms with Crippen LogP contribution in [0.2, 0.25) is 0 Å². The van der Waals surface area contributed by atoms with E-state index in [0.29, 0.717) is 0 Å². The molecule has 0 spiro atoms. The van der Waals surface area contributed by atoms with Gasteiger partial charge in [0.1, 0.15) is 0 Å². The summed E-state index contributed by atoms with van der Waals surface area (Å²) in [5, 5.41) is 6.13. The Kier molecular flexibility index (Phi) is 6.30. The molecule has 204 valence electrons. The van der Waals surface area contributed by atoms with E-state index < -0.39 is 7.14 Å². The fourth-order valence-corrected chi connectivity index (χ4v) is 10.0. The van der Waals surface area contributed by atoms with Gasteiger partial charge in [0.2, 0.25) is 0 Å². The van der Waals surface area contributed by atoms with E-state index in [1.54, 1.807) is 11.3 Å². The van der Waals surface area contributed by atoms with Crippen molar-refractivity contribution in [3.8, 4) is 22.4 Å². The van der Waals surface area contributed by atoms with Crippen molar-refractivity contribution >= 4 is 65.5 Å². The zero-order chi connectivity index (χ0) is 28.8. The van der Waals surface area contributed by atoms with Crippen molar-refractivity contribution in [2.75, 3.05) is 0 Å². The molecule has 0 aliphatic carbocycles. The highest BCUT2D eigenvalue weighted by molar-refractivity contribution is 7.85. The predicted octanol–water partition coefficient (Wildman–Crippen LogP) is 9.58. The smallest absolute Gasteiger partial charge is 0.171 e. The standard InChI is InChI=1S/C39H26NOPS/c41-42(29-15-6-2-7-16-29,30-17-8-3-9-18-30)31-25-23-27(24-26-31)32-20-12-21-34-36(32)37-33-19-10-11-22-35(33)43-39(37)38(40-34)28-13-4-1-5-14-28/h1-26H. The molecule has 0 aliphatic rings. The molecule has 2 heterocycles. The summed E-state index contributed by atoms with van der Waals surface area (Å²) in [5.41, 5.74) is 5.30. The zero-order valence-corrected chi connectivity index (χ0v) is 24.9. The molecule has 0 unspecified atom stereocenters. The molecular formula is C39H26NOPS. The summed E-state index contributed by atoms with van der Waals surface area (Å²) in [4.78, 5) is 5.26. The van der Waals surface area contributed by atoms with Crippen molar-refractivity contribution in [3.63, 3.8) is 0 Å². The lowest BCUT2D eigenvalue weighted by molar-refractivity contribution is 0.592. The van der Waals surface area contributed by atoms with Crippen molar-refractivity contribution in [2.24, 2.45) is 0 Å². The summed E-state index contributed by atoms with van der Waals surface area (Å²) in [6, 6.07) is 53.5. The first-order chi connectivity index (χ1) is 21.2. The van der Waals surface area contributed by atoms with Gasteiger partial charge >= 0.3 is 0 Å². The summed E-state index contributed by atoms with van der Waals surface area (Å²) in [5.74, 6) is 0. The molecule has 43 heavy (non-hydrogen) atoms. The number of nitrogens with zero attached hydrogens (tertiary/aromatic N) is 1. The Bertz CT molecular complexity index is 2250. The molecule has 0 saturated heterocycles. The fraction of sp³-hybridized carbons (Fsp3) is 0. The average molecular weight is 588 g/mol. The second-order valence-corrected chi connectivity index (χ2v) is 14.5. The Hall–Kier alpha value is -4.82. The van der Waals surface area contributed by atoms with E-state index in [4.69, 9.17) is 4.98 Å². The molecule has 6 aromatic carbocycles. The van der Waals surface area contributed by atoms with Crippen LogP contribution in [-0.4, -0.2) is 4.98 Å². The van der Waals surface area contributed by atoms with Gasteiger partial charge < -0.3 is 4.57 Å². The van der Waals surface area contributed by atoms with Crippen LogP contribution in [0, 0.1) is 0 Å². The molecule has 0 radical (unpaired) electrons. The van der Waals surface area contributed by atoms with Gasteiger partial charge in [-0.2, -0.15) is 0 Å². The van der Waals surface area contributed by atoms with Gasteiger partial charge in [0.05, 0.1) is 15.9 Å². The highest BCUT2D eigenvalue weighted by Crippen LogP contribution is 2.46. The SMILES string of the molecule is O=P(c1ccccc1)(c1ccccc1)c1ccc(-c2cccc3nc(-c4ccccc4)c4sc5ccccc5c4c23)cc1. The highest BCUT2D eigenvalue weighted by Gasteiger charge is 2.29. The maximum absolute atomic E-state index is 14.9. The van der Waals surface area contributed by atoms with Crippen LogP contribution in [0.3, 0.4) is 0 Å². The largest absolute Gasteiger partial charge is 0.309 e. The number of aromatic nitrogens is 1. The number of fused-ring (bicyclic) bond motifs is 5. The molecule has 0 saturated carbocycles. The summed E-state index contributed by atoms with van der Waals surface area (Å²) in [6.07, 6.45) is 0. The van der Waals surface area contributed by atoms with Crippen molar-refractivity contribution in [3.05, 3.63) is 158 Å². The van der Waals surface area contributed by atoms with Gasteiger partial charge in [0.25, 0.3) is 0 Å². The third kappa shape index (κ3) is 4.24.